The molecule has 0 bridgehead atoms. The van der Waals surface area contributed by atoms with Crippen LogP contribution >= 0.6 is 23.2 Å². The predicted octanol–water partition coefficient (Wildman–Crippen LogP) is 4.39. The summed E-state index contributed by atoms with van der Waals surface area (Å²) in [6.07, 6.45) is 0. The van der Waals surface area contributed by atoms with Crippen LogP contribution in [0.3, 0.4) is 0 Å². The second-order valence-electron chi connectivity index (χ2n) is 4.61. The highest BCUT2D eigenvalue weighted by Crippen LogP contribution is 2.33. The van der Waals surface area contributed by atoms with Gasteiger partial charge in [-0.2, -0.15) is 0 Å². The molecule has 5 heteroatoms. The zero-order chi connectivity index (χ0) is 15.2. The molecule has 2 rings (SSSR count). The van der Waals surface area contributed by atoms with E-state index in [1.165, 1.54) is 0 Å². The van der Waals surface area contributed by atoms with E-state index in [-0.39, 0.29) is 5.75 Å². The minimum atomic E-state index is 0.233. The lowest BCUT2D eigenvalue weighted by Gasteiger charge is -2.14. The average molecular weight is 326 g/mol. The monoisotopic (exact) mass is 325 g/mol. The summed E-state index contributed by atoms with van der Waals surface area (Å²) in [7, 11) is 0. The number of benzene rings is 2. The quantitative estimate of drug-likeness (QED) is 0.827. The standard InChI is InChI=1S/C16H17Cl2NO2/c1-2-19-9-12-7-13(17)8-15(18)16(12)21-10-11-3-5-14(20)6-4-11/h3-8,19-20H,2,9-10H2,1H3. The molecule has 2 aromatic carbocycles. The fraction of sp³-hybridized carbons (Fsp3) is 0.250. The molecule has 112 valence electrons. The third kappa shape index (κ3) is 4.53. The van der Waals surface area contributed by atoms with E-state index in [0.717, 1.165) is 17.7 Å². The van der Waals surface area contributed by atoms with Crippen LogP contribution in [0.2, 0.25) is 10.0 Å². The second kappa shape index (κ2) is 7.55. The topological polar surface area (TPSA) is 41.5 Å². The van der Waals surface area contributed by atoms with Gasteiger partial charge in [-0.05, 0) is 36.4 Å². The van der Waals surface area contributed by atoms with E-state index < -0.39 is 0 Å². The van der Waals surface area contributed by atoms with Gasteiger partial charge in [0.2, 0.25) is 0 Å². The Labute approximate surface area is 134 Å². The second-order valence-corrected chi connectivity index (χ2v) is 5.45. The van der Waals surface area contributed by atoms with E-state index in [0.29, 0.717) is 28.9 Å². The van der Waals surface area contributed by atoms with Crippen LogP contribution in [0.15, 0.2) is 36.4 Å². The fourth-order valence-corrected chi connectivity index (χ4v) is 2.50. The lowest BCUT2D eigenvalue weighted by atomic mass is 10.2. The summed E-state index contributed by atoms with van der Waals surface area (Å²) >= 11 is 12.3. The van der Waals surface area contributed by atoms with E-state index in [1.807, 2.05) is 25.1 Å². The number of halogens is 2. The molecule has 0 saturated heterocycles. The van der Waals surface area contributed by atoms with Gasteiger partial charge < -0.3 is 15.2 Å². The maximum atomic E-state index is 9.27. The molecule has 2 aromatic rings. The molecule has 0 atom stereocenters. The summed E-state index contributed by atoms with van der Waals surface area (Å²) in [6, 6.07) is 10.4. The van der Waals surface area contributed by atoms with Crippen molar-refractivity contribution in [2.24, 2.45) is 0 Å². The molecule has 0 aliphatic rings. The summed E-state index contributed by atoms with van der Waals surface area (Å²) in [6.45, 7) is 3.90. The van der Waals surface area contributed by atoms with Crippen molar-refractivity contribution < 1.29 is 9.84 Å². The van der Waals surface area contributed by atoms with Gasteiger partial charge in [0.1, 0.15) is 18.1 Å². The average Bonchev–Trinajstić information content (AvgIpc) is 2.45. The summed E-state index contributed by atoms with van der Waals surface area (Å²) in [4.78, 5) is 0. The molecular formula is C16H17Cl2NO2. The molecule has 0 fully saturated rings. The van der Waals surface area contributed by atoms with E-state index >= 15 is 0 Å². The smallest absolute Gasteiger partial charge is 0.142 e. The number of phenols is 1. The molecule has 0 amide bonds. The lowest BCUT2D eigenvalue weighted by Crippen LogP contribution is -2.13. The Bertz CT molecular complexity index is 600. The van der Waals surface area contributed by atoms with Crippen molar-refractivity contribution in [2.45, 2.75) is 20.1 Å². The van der Waals surface area contributed by atoms with E-state index in [4.69, 9.17) is 27.9 Å². The van der Waals surface area contributed by atoms with Crippen LogP contribution in [-0.4, -0.2) is 11.7 Å². The Balaban J connectivity index is 2.15. The molecule has 0 unspecified atom stereocenters. The summed E-state index contributed by atoms with van der Waals surface area (Å²) in [5, 5.41) is 13.6. The largest absolute Gasteiger partial charge is 0.508 e. The molecule has 3 nitrogen and oxygen atoms in total. The molecule has 0 radical (unpaired) electrons. The van der Waals surface area contributed by atoms with E-state index in [2.05, 4.69) is 5.32 Å². The molecule has 0 aliphatic carbocycles. The molecule has 2 N–H and O–H groups in total. The van der Waals surface area contributed by atoms with Gasteiger partial charge in [-0.3, -0.25) is 0 Å². The Kier molecular flexibility index (Phi) is 5.74. The number of ether oxygens (including phenoxy) is 1. The van der Waals surface area contributed by atoms with Gasteiger partial charge >= 0.3 is 0 Å². The fourth-order valence-electron chi connectivity index (χ4n) is 1.91. The predicted molar refractivity (Wildman–Crippen MR) is 86.3 cm³/mol. The number of hydrogen-bond donors (Lipinski definition) is 2. The first kappa shape index (κ1) is 16.0. The first-order valence-corrected chi connectivity index (χ1v) is 7.45. The highest BCUT2D eigenvalue weighted by Gasteiger charge is 2.11. The van der Waals surface area contributed by atoms with Crippen molar-refractivity contribution in [3.05, 3.63) is 57.6 Å². The minimum Gasteiger partial charge on any atom is -0.508 e. The number of aromatic hydroxyl groups is 1. The van der Waals surface area contributed by atoms with Gasteiger partial charge in [0.05, 0.1) is 5.02 Å². The van der Waals surface area contributed by atoms with Gasteiger partial charge in [0.15, 0.2) is 0 Å². The van der Waals surface area contributed by atoms with Gasteiger partial charge in [-0.15, -0.1) is 0 Å². The van der Waals surface area contributed by atoms with Crippen molar-refractivity contribution in [3.8, 4) is 11.5 Å². The van der Waals surface area contributed by atoms with Gasteiger partial charge in [-0.1, -0.05) is 42.3 Å². The van der Waals surface area contributed by atoms with Crippen molar-refractivity contribution in [2.75, 3.05) is 6.54 Å². The highest BCUT2D eigenvalue weighted by molar-refractivity contribution is 6.35. The highest BCUT2D eigenvalue weighted by atomic mass is 35.5. The van der Waals surface area contributed by atoms with Crippen LogP contribution in [0.1, 0.15) is 18.1 Å². The van der Waals surface area contributed by atoms with Crippen LogP contribution in [0.5, 0.6) is 11.5 Å². The molecule has 0 aliphatic heterocycles. The maximum absolute atomic E-state index is 9.27. The molecule has 21 heavy (non-hydrogen) atoms. The number of hydrogen-bond acceptors (Lipinski definition) is 3. The van der Waals surface area contributed by atoms with Crippen molar-refractivity contribution in [3.63, 3.8) is 0 Å². The van der Waals surface area contributed by atoms with Crippen LogP contribution in [-0.2, 0) is 13.2 Å². The number of rotatable bonds is 6. The zero-order valence-electron chi connectivity index (χ0n) is 11.7. The Hall–Kier alpha value is -1.42. The minimum absolute atomic E-state index is 0.233. The van der Waals surface area contributed by atoms with Gasteiger partial charge in [0.25, 0.3) is 0 Å². The summed E-state index contributed by atoms with van der Waals surface area (Å²) < 4.78 is 5.83. The van der Waals surface area contributed by atoms with E-state index in [1.54, 1.807) is 18.2 Å². The third-order valence-electron chi connectivity index (χ3n) is 2.97. The zero-order valence-corrected chi connectivity index (χ0v) is 13.2. The van der Waals surface area contributed by atoms with Gasteiger partial charge in [0, 0.05) is 17.1 Å². The molecule has 0 spiro atoms. The summed E-state index contributed by atoms with van der Waals surface area (Å²) in [5.41, 5.74) is 1.88. The Morgan fingerprint density at radius 2 is 1.86 bits per heavy atom. The normalized spacial score (nSPS) is 10.6. The van der Waals surface area contributed by atoms with Crippen molar-refractivity contribution in [1.29, 1.82) is 0 Å². The Morgan fingerprint density at radius 3 is 2.52 bits per heavy atom. The number of phenolic OH excluding ortho intramolecular Hbond substituents is 1. The molecular weight excluding hydrogens is 309 g/mol. The first-order chi connectivity index (χ1) is 10.1. The number of nitrogens with one attached hydrogen (secondary N) is 1. The van der Waals surface area contributed by atoms with Crippen LogP contribution < -0.4 is 10.1 Å². The van der Waals surface area contributed by atoms with Crippen LogP contribution in [0.4, 0.5) is 0 Å². The summed E-state index contributed by atoms with van der Waals surface area (Å²) in [5.74, 6) is 0.867. The SMILES string of the molecule is CCNCc1cc(Cl)cc(Cl)c1OCc1ccc(O)cc1. The molecule has 0 aromatic heterocycles. The van der Waals surface area contributed by atoms with Crippen LogP contribution in [0, 0.1) is 0 Å². The van der Waals surface area contributed by atoms with Crippen molar-refractivity contribution in [1.82, 2.24) is 5.32 Å². The Morgan fingerprint density at radius 1 is 1.14 bits per heavy atom. The first-order valence-electron chi connectivity index (χ1n) is 6.69. The maximum Gasteiger partial charge on any atom is 0.142 e. The van der Waals surface area contributed by atoms with Gasteiger partial charge in [-0.25, -0.2) is 0 Å². The molecule has 0 heterocycles. The van der Waals surface area contributed by atoms with Crippen molar-refractivity contribution >= 4 is 23.2 Å². The van der Waals surface area contributed by atoms with Crippen LogP contribution in [0.25, 0.3) is 0 Å². The molecule has 0 saturated carbocycles. The van der Waals surface area contributed by atoms with E-state index in [9.17, 15) is 5.11 Å². The lowest BCUT2D eigenvalue weighted by molar-refractivity contribution is 0.302. The third-order valence-corrected chi connectivity index (χ3v) is 3.47.